The lowest BCUT2D eigenvalue weighted by Gasteiger charge is -2.22. The lowest BCUT2D eigenvalue weighted by molar-refractivity contribution is 0.0176. The Morgan fingerprint density at radius 1 is 1.24 bits per heavy atom. The van der Waals surface area contributed by atoms with Crippen LogP contribution in [0, 0.1) is 11.8 Å². The Labute approximate surface area is 103 Å². The molecule has 90 valence electrons. The third-order valence-electron chi connectivity index (χ3n) is 2.87. The van der Waals surface area contributed by atoms with Gasteiger partial charge in [-0.25, -0.2) is 0 Å². The average Bonchev–Trinajstić information content (AvgIpc) is 2.41. The Morgan fingerprint density at radius 2 is 2.12 bits per heavy atom. The molecule has 1 fully saturated rings. The zero-order chi connectivity index (χ0) is 11.8. The molecule has 2 heteroatoms. The van der Waals surface area contributed by atoms with Crippen molar-refractivity contribution in [2.24, 2.45) is 0 Å². The van der Waals surface area contributed by atoms with Crippen molar-refractivity contribution in [3.05, 3.63) is 35.9 Å². The monoisotopic (exact) mass is 229 g/mol. The molecule has 17 heavy (non-hydrogen) atoms. The summed E-state index contributed by atoms with van der Waals surface area (Å²) in [5.41, 5.74) is 1.07. The second-order valence-electron chi connectivity index (χ2n) is 4.29. The van der Waals surface area contributed by atoms with Crippen LogP contribution in [-0.4, -0.2) is 25.8 Å². The summed E-state index contributed by atoms with van der Waals surface area (Å²) in [5, 5.41) is 3.33. The average molecular weight is 229 g/mol. The van der Waals surface area contributed by atoms with Crippen LogP contribution in [-0.2, 0) is 4.74 Å². The van der Waals surface area contributed by atoms with Gasteiger partial charge in [0, 0.05) is 18.7 Å². The van der Waals surface area contributed by atoms with E-state index in [1.54, 1.807) is 0 Å². The van der Waals surface area contributed by atoms with Gasteiger partial charge in [-0.3, -0.25) is 0 Å². The van der Waals surface area contributed by atoms with Crippen molar-refractivity contribution in [2.75, 3.05) is 19.7 Å². The molecule has 1 atom stereocenters. The van der Waals surface area contributed by atoms with Gasteiger partial charge in [0.2, 0.25) is 0 Å². The van der Waals surface area contributed by atoms with E-state index in [9.17, 15) is 0 Å². The first-order chi connectivity index (χ1) is 8.45. The molecule has 0 spiro atoms. The quantitative estimate of drug-likeness (QED) is 0.633. The molecule has 2 nitrogen and oxygen atoms in total. The fourth-order valence-corrected chi connectivity index (χ4v) is 1.93. The third-order valence-corrected chi connectivity index (χ3v) is 2.87. The Balaban J connectivity index is 1.64. The smallest absolute Gasteiger partial charge is 0.0699 e. The predicted octanol–water partition coefficient (Wildman–Crippen LogP) is 2.20. The zero-order valence-electron chi connectivity index (χ0n) is 10.1. The van der Waals surface area contributed by atoms with E-state index in [2.05, 4.69) is 17.2 Å². The van der Waals surface area contributed by atoms with E-state index >= 15 is 0 Å². The highest BCUT2D eigenvalue weighted by Crippen LogP contribution is 2.11. The van der Waals surface area contributed by atoms with Crippen LogP contribution in [0.5, 0.6) is 0 Å². The van der Waals surface area contributed by atoms with Gasteiger partial charge in [0.25, 0.3) is 0 Å². The van der Waals surface area contributed by atoms with Crippen molar-refractivity contribution in [1.82, 2.24) is 5.32 Å². The largest absolute Gasteiger partial charge is 0.377 e. The van der Waals surface area contributed by atoms with E-state index in [1.807, 2.05) is 30.3 Å². The van der Waals surface area contributed by atoms with Crippen LogP contribution in [0.2, 0.25) is 0 Å². The number of hydrogen-bond donors (Lipinski definition) is 1. The summed E-state index contributed by atoms with van der Waals surface area (Å²) in [6, 6.07) is 10.1. The Hall–Kier alpha value is -1.30. The molecule has 0 aromatic heterocycles. The van der Waals surface area contributed by atoms with Crippen molar-refractivity contribution >= 4 is 0 Å². The van der Waals surface area contributed by atoms with Crippen LogP contribution in [0.1, 0.15) is 24.8 Å². The second kappa shape index (κ2) is 7.11. The summed E-state index contributed by atoms with van der Waals surface area (Å²) in [5.74, 6) is 6.25. The maximum absolute atomic E-state index is 5.63. The van der Waals surface area contributed by atoms with E-state index < -0.39 is 0 Å². The van der Waals surface area contributed by atoms with Crippen molar-refractivity contribution < 1.29 is 4.74 Å². The second-order valence-corrected chi connectivity index (χ2v) is 4.29. The highest BCUT2D eigenvalue weighted by Gasteiger charge is 2.12. The molecular weight excluding hydrogens is 210 g/mol. The minimum atomic E-state index is 0.391. The Morgan fingerprint density at radius 3 is 2.88 bits per heavy atom. The molecule has 1 N–H and O–H groups in total. The lowest BCUT2D eigenvalue weighted by Crippen LogP contribution is -2.31. The molecule has 1 saturated heterocycles. The number of ether oxygens (including phenoxy) is 1. The molecule has 1 unspecified atom stereocenters. The number of nitrogens with one attached hydrogen (secondary N) is 1. The van der Waals surface area contributed by atoms with Gasteiger partial charge in [0.1, 0.15) is 0 Å². The molecular formula is C15H19NO. The van der Waals surface area contributed by atoms with E-state index in [-0.39, 0.29) is 0 Å². The predicted molar refractivity (Wildman–Crippen MR) is 69.8 cm³/mol. The topological polar surface area (TPSA) is 21.3 Å². The van der Waals surface area contributed by atoms with Gasteiger partial charge >= 0.3 is 0 Å². The van der Waals surface area contributed by atoms with Crippen molar-refractivity contribution in [3.8, 4) is 11.8 Å². The Kier molecular flexibility index (Phi) is 5.09. The minimum Gasteiger partial charge on any atom is -0.377 e. The van der Waals surface area contributed by atoms with Gasteiger partial charge in [-0.05, 0) is 31.4 Å². The molecule has 2 rings (SSSR count). The zero-order valence-corrected chi connectivity index (χ0v) is 10.1. The molecule has 1 aromatic rings. The van der Waals surface area contributed by atoms with Gasteiger partial charge in [-0.2, -0.15) is 0 Å². The van der Waals surface area contributed by atoms with E-state index in [0.717, 1.165) is 25.3 Å². The molecule has 0 radical (unpaired) electrons. The fraction of sp³-hybridized carbons (Fsp3) is 0.467. The molecule has 1 aliphatic rings. The molecule has 0 aliphatic carbocycles. The summed E-state index contributed by atoms with van der Waals surface area (Å²) in [6.45, 7) is 2.57. The number of rotatable bonds is 3. The van der Waals surface area contributed by atoms with Crippen LogP contribution in [0.3, 0.4) is 0 Å². The standard InChI is InChI=1S/C15H19NO/c1-2-7-14(8-3-1)9-6-11-16-13-15-10-4-5-12-17-15/h1-3,7-8,15-16H,4-5,10-13H2. The highest BCUT2D eigenvalue weighted by atomic mass is 16.5. The number of hydrogen-bond acceptors (Lipinski definition) is 2. The third kappa shape index (κ3) is 4.60. The maximum Gasteiger partial charge on any atom is 0.0699 e. The molecule has 1 heterocycles. The maximum atomic E-state index is 5.63. The summed E-state index contributed by atoms with van der Waals surface area (Å²) < 4.78 is 5.63. The number of benzene rings is 1. The van der Waals surface area contributed by atoms with E-state index in [0.29, 0.717) is 6.10 Å². The van der Waals surface area contributed by atoms with Crippen molar-refractivity contribution in [2.45, 2.75) is 25.4 Å². The van der Waals surface area contributed by atoms with E-state index in [4.69, 9.17) is 4.74 Å². The van der Waals surface area contributed by atoms with Gasteiger partial charge < -0.3 is 10.1 Å². The summed E-state index contributed by atoms with van der Waals surface area (Å²) in [6.07, 6.45) is 4.08. The van der Waals surface area contributed by atoms with Crippen LogP contribution < -0.4 is 5.32 Å². The van der Waals surface area contributed by atoms with Gasteiger partial charge in [0.15, 0.2) is 0 Å². The van der Waals surface area contributed by atoms with Crippen LogP contribution in [0.4, 0.5) is 0 Å². The van der Waals surface area contributed by atoms with Crippen LogP contribution >= 0.6 is 0 Å². The van der Waals surface area contributed by atoms with E-state index in [1.165, 1.54) is 19.3 Å². The van der Waals surface area contributed by atoms with Crippen LogP contribution in [0.25, 0.3) is 0 Å². The summed E-state index contributed by atoms with van der Waals surface area (Å²) in [7, 11) is 0. The first-order valence-electron chi connectivity index (χ1n) is 6.31. The molecule has 1 aromatic carbocycles. The SMILES string of the molecule is C(#Cc1ccccc1)CNCC1CCCCO1. The van der Waals surface area contributed by atoms with Gasteiger partial charge in [-0.1, -0.05) is 30.0 Å². The van der Waals surface area contributed by atoms with Gasteiger partial charge in [-0.15, -0.1) is 0 Å². The van der Waals surface area contributed by atoms with Gasteiger partial charge in [0.05, 0.1) is 12.6 Å². The van der Waals surface area contributed by atoms with Crippen molar-refractivity contribution in [3.63, 3.8) is 0 Å². The highest BCUT2D eigenvalue weighted by molar-refractivity contribution is 5.33. The Bertz CT molecular complexity index is 371. The summed E-state index contributed by atoms with van der Waals surface area (Å²) in [4.78, 5) is 0. The first-order valence-corrected chi connectivity index (χ1v) is 6.31. The molecule has 1 aliphatic heterocycles. The first kappa shape index (κ1) is 12.2. The molecule has 0 bridgehead atoms. The van der Waals surface area contributed by atoms with Crippen molar-refractivity contribution in [1.29, 1.82) is 0 Å². The summed E-state index contributed by atoms with van der Waals surface area (Å²) >= 11 is 0. The minimum absolute atomic E-state index is 0.391. The lowest BCUT2D eigenvalue weighted by atomic mass is 10.1. The molecule has 0 amide bonds. The van der Waals surface area contributed by atoms with Crippen LogP contribution in [0.15, 0.2) is 30.3 Å². The normalized spacial score (nSPS) is 19.4. The molecule has 0 saturated carbocycles. The fourth-order valence-electron chi connectivity index (χ4n) is 1.93.